The van der Waals surface area contributed by atoms with Crippen molar-refractivity contribution in [3.63, 3.8) is 0 Å². The number of aromatic nitrogens is 2. The molecule has 3 nitrogen and oxygen atoms in total. The highest BCUT2D eigenvalue weighted by atomic mass is 15.1. The zero-order valence-electron chi connectivity index (χ0n) is 12.9. The van der Waals surface area contributed by atoms with Gasteiger partial charge in [0, 0.05) is 31.5 Å². The average Bonchev–Trinajstić information content (AvgIpc) is 2.88. The molecule has 0 saturated carbocycles. The average molecular weight is 271 g/mol. The standard InChI is InChI=1S/C17H25N3/c1-14-5-7-15(8-6-14)11-19-16(17(2,3)4)12-20-10-9-18-13-20/h5-10,13,16,19H,11-12H2,1-4H3. The molecule has 0 bridgehead atoms. The van der Waals surface area contributed by atoms with E-state index in [1.165, 1.54) is 11.1 Å². The van der Waals surface area contributed by atoms with E-state index in [-0.39, 0.29) is 5.41 Å². The predicted molar refractivity (Wildman–Crippen MR) is 83.5 cm³/mol. The number of rotatable bonds is 5. The van der Waals surface area contributed by atoms with Crippen molar-refractivity contribution in [2.45, 2.75) is 46.8 Å². The predicted octanol–water partition coefficient (Wildman–Crippen LogP) is 3.40. The lowest BCUT2D eigenvalue weighted by Crippen LogP contribution is -2.42. The van der Waals surface area contributed by atoms with Gasteiger partial charge >= 0.3 is 0 Å². The summed E-state index contributed by atoms with van der Waals surface area (Å²) in [5.41, 5.74) is 2.84. The van der Waals surface area contributed by atoms with Gasteiger partial charge in [-0.05, 0) is 17.9 Å². The normalized spacial score (nSPS) is 13.4. The number of hydrogen-bond donors (Lipinski definition) is 1. The summed E-state index contributed by atoms with van der Waals surface area (Å²) in [6, 6.07) is 9.12. The molecule has 1 aromatic heterocycles. The molecule has 1 N–H and O–H groups in total. The molecule has 1 heterocycles. The largest absolute Gasteiger partial charge is 0.336 e. The fraction of sp³-hybridized carbons (Fsp3) is 0.471. The summed E-state index contributed by atoms with van der Waals surface area (Å²) in [7, 11) is 0. The van der Waals surface area contributed by atoms with E-state index in [0.29, 0.717) is 6.04 Å². The summed E-state index contributed by atoms with van der Waals surface area (Å²) in [4.78, 5) is 4.12. The van der Waals surface area contributed by atoms with Crippen LogP contribution in [0.15, 0.2) is 43.0 Å². The topological polar surface area (TPSA) is 29.9 Å². The highest BCUT2D eigenvalue weighted by Gasteiger charge is 2.24. The maximum atomic E-state index is 4.12. The molecule has 2 aromatic rings. The van der Waals surface area contributed by atoms with Crippen LogP contribution in [0.3, 0.4) is 0 Å². The molecule has 2 rings (SSSR count). The summed E-state index contributed by atoms with van der Waals surface area (Å²) in [5.74, 6) is 0. The minimum atomic E-state index is 0.203. The first-order chi connectivity index (χ1) is 9.45. The first kappa shape index (κ1) is 14.8. The van der Waals surface area contributed by atoms with Crippen LogP contribution in [0.1, 0.15) is 31.9 Å². The van der Waals surface area contributed by atoms with Crippen molar-refractivity contribution in [2.24, 2.45) is 5.41 Å². The van der Waals surface area contributed by atoms with Crippen molar-refractivity contribution in [2.75, 3.05) is 0 Å². The van der Waals surface area contributed by atoms with E-state index in [1.54, 1.807) is 0 Å². The third-order valence-electron chi connectivity index (χ3n) is 3.67. The Morgan fingerprint density at radius 2 is 1.90 bits per heavy atom. The molecule has 0 radical (unpaired) electrons. The van der Waals surface area contributed by atoms with Crippen LogP contribution in [0.2, 0.25) is 0 Å². The summed E-state index contributed by atoms with van der Waals surface area (Å²) in [5, 5.41) is 3.69. The lowest BCUT2D eigenvalue weighted by atomic mass is 9.86. The molecule has 0 aliphatic carbocycles. The van der Waals surface area contributed by atoms with Gasteiger partial charge in [-0.3, -0.25) is 0 Å². The first-order valence-electron chi connectivity index (χ1n) is 7.20. The molecule has 1 aromatic carbocycles. The van der Waals surface area contributed by atoms with Crippen LogP contribution >= 0.6 is 0 Å². The van der Waals surface area contributed by atoms with Gasteiger partial charge in [0.05, 0.1) is 6.33 Å². The minimum Gasteiger partial charge on any atom is -0.336 e. The molecule has 0 spiro atoms. The SMILES string of the molecule is Cc1ccc(CNC(Cn2ccnc2)C(C)(C)C)cc1. The summed E-state index contributed by atoms with van der Waals surface area (Å²) < 4.78 is 2.14. The minimum absolute atomic E-state index is 0.203. The zero-order chi connectivity index (χ0) is 14.6. The van der Waals surface area contributed by atoms with Crippen molar-refractivity contribution in [1.82, 2.24) is 14.9 Å². The highest BCUT2D eigenvalue weighted by molar-refractivity contribution is 5.21. The smallest absolute Gasteiger partial charge is 0.0946 e. The second kappa shape index (κ2) is 6.23. The second-order valence-electron chi connectivity index (χ2n) is 6.54. The van der Waals surface area contributed by atoms with Crippen LogP contribution in [-0.4, -0.2) is 15.6 Å². The molecule has 0 aliphatic heterocycles. The molecule has 0 fully saturated rings. The number of benzene rings is 1. The van der Waals surface area contributed by atoms with E-state index in [0.717, 1.165) is 13.1 Å². The van der Waals surface area contributed by atoms with Crippen molar-refractivity contribution in [1.29, 1.82) is 0 Å². The molecular formula is C17H25N3. The third-order valence-corrected chi connectivity index (χ3v) is 3.67. The van der Waals surface area contributed by atoms with Crippen LogP contribution in [0.5, 0.6) is 0 Å². The number of aryl methyl sites for hydroxylation is 1. The lowest BCUT2D eigenvalue weighted by molar-refractivity contribution is 0.240. The van der Waals surface area contributed by atoms with Crippen molar-refractivity contribution in [3.8, 4) is 0 Å². The Bertz CT molecular complexity index is 506. The Balaban J connectivity index is 1.99. The van der Waals surface area contributed by atoms with E-state index in [1.807, 2.05) is 18.7 Å². The molecule has 0 saturated heterocycles. The van der Waals surface area contributed by atoms with Gasteiger partial charge in [-0.1, -0.05) is 50.6 Å². The fourth-order valence-corrected chi connectivity index (χ4v) is 2.20. The maximum absolute atomic E-state index is 4.12. The van der Waals surface area contributed by atoms with Crippen molar-refractivity contribution >= 4 is 0 Å². The molecule has 0 amide bonds. The Labute approximate surface area is 122 Å². The molecule has 1 atom stereocenters. The molecule has 0 aliphatic rings. The van der Waals surface area contributed by atoms with Crippen LogP contribution in [0.25, 0.3) is 0 Å². The van der Waals surface area contributed by atoms with Gasteiger partial charge in [0.1, 0.15) is 0 Å². The van der Waals surface area contributed by atoms with Gasteiger partial charge in [0.25, 0.3) is 0 Å². The number of imidazole rings is 1. The summed E-state index contributed by atoms with van der Waals surface area (Å²) in [6.45, 7) is 10.8. The first-order valence-corrected chi connectivity index (χ1v) is 7.20. The van der Waals surface area contributed by atoms with Gasteiger partial charge in [-0.15, -0.1) is 0 Å². The van der Waals surface area contributed by atoms with E-state index < -0.39 is 0 Å². The van der Waals surface area contributed by atoms with Crippen LogP contribution in [0, 0.1) is 12.3 Å². The number of nitrogens with one attached hydrogen (secondary N) is 1. The Hall–Kier alpha value is -1.61. The zero-order valence-corrected chi connectivity index (χ0v) is 12.9. The van der Waals surface area contributed by atoms with Gasteiger partial charge in [-0.2, -0.15) is 0 Å². The number of hydrogen-bond acceptors (Lipinski definition) is 2. The van der Waals surface area contributed by atoms with Crippen LogP contribution in [-0.2, 0) is 13.1 Å². The number of nitrogens with zero attached hydrogens (tertiary/aromatic N) is 2. The van der Waals surface area contributed by atoms with Gasteiger partial charge in [0.15, 0.2) is 0 Å². The Kier molecular flexibility index (Phi) is 4.61. The van der Waals surface area contributed by atoms with Crippen LogP contribution in [0.4, 0.5) is 0 Å². The molecule has 108 valence electrons. The fourth-order valence-electron chi connectivity index (χ4n) is 2.20. The molecule has 1 unspecified atom stereocenters. The van der Waals surface area contributed by atoms with E-state index >= 15 is 0 Å². The van der Waals surface area contributed by atoms with Crippen LogP contribution < -0.4 is 5.32 Å². The van der Waals surface area contributed by atoms with Gasteiger partial charge in [-0.25, -0.2) is 4.98 Å². The van der Waals surface area contributed by atoms with E-state index in [9.17, 15) is 0 Å². The monoisotopic (exact) mass is 271 g/mol. The lowest BCUT2D eigenvalue weighted by Gasteiger charge is -2.32. The van der Waals surface area contributed by atoms with E-state index in [2.05, 4.69) is 66.8 Å². The highest BCUT2D eigenvalue weighted by Crippen LogP contribution is 2.21. The third kappa shape index (κ3) is 4.20. The molecule has 3 heteroatoms. The Morgan fingerprint density at radius 3 is 2.45 bits per heavy atom. The molecular weight excluding hydrogens is 246 g/mol. The quantitative estimate of drug-likeness (QED) is 0.903. The van der Waals surface area contributed by atoms with Gasteiger partial charge < -0.3 is 9.88 Å². The maximum Gasteiger partial charge on any atom is 0.0946 e. The summed E-state index contributed by atoms with van der Waals surface area (Å²) >= 11 is 0. The van der Waals surface area contributed by atoms with Gasteiger partial charge in [0.2, 0.25) is 0 Å². The second-order valence-corrected chi connectivity index (χ2v) is 6.54. The van der Waals surface area contributed by atoms with Crippen molar-refractivity contribution < 1.29 is 0 Å². The summed E-state index contributed by atoms with van der Waals surface area (Å²) in [6.07, 6.45) is 5.73. The Morgan fingerprint density at radius 1 is 1.20 bits per heavy atom. The molecule has 20 heavy (non-hydrogen) atoms. The van der Waals surface area contributed by atoms with E-state index in [4.69, 9.17) is 0 Å². The van der Waals surface area contributed by atoms with Crippen molar-refractivity contribution in [3.05, 3.63) is 54.1 Å².